The maximum absolute atomic E-state index is 14.5. The van der Waals surface area contributed by atoms with Crippen LogP contribution in [-0.2, 0) is 30.4 Å². The molecule has 16 nitrogen and oxygen atoms in total. The van der Waals surface area contributed by atoms with Crippen LogP contribution in [0, 0.1) is 11.8 Å². The molecule has 338 valence electrons. The Morgan fingerprint density at radius 1 is 0.844 bits per heavy atom. The van der Waals surface area contributed by atoms with E-state index < -0.39 is 24.3 Å². The topological polar surface area (TPSA) is 193 Å². The molecule has 4 amide bonds. The largest absolute Gasteiger partial charge is 0.488 e. The summed E-state index contributed by atoms with van der Waals surface area (Å²) >= 11 is 0. The summed E-state index contributed by atoms with van der Waals surface area (Å²) < 4.78 is 21.8. The van der Waals surface area contributed by atoms with Crippen LogP contribution < -0.4 is 15.4 Å². The number of nitrogens with zero attached hydrogens (tertiary/aromatic N) is 4. The van der Waals surface area contributed by atoms with Crippen LogP contribution in [0.25, 0.3) is 44.2 Å². The second-order valence-electron chi connectivity index (χ2n) is 18.0. The van der Waals surface area contributed by atoms with Crippen LogP contribution in [-0.4, -0.2) is 105 Å². The predicted molar refractivity (Wildman–Crippen MR) is 239 cm³/mol. The van der Waals surface area contributed by atoms with Gasteiger partial charge in [-0.25, -0.2) is 19.6 Å². The summed E-state index contributed by atoms with van der Waals surface area (Å²) in [6, 6.07) is 12.7. The van der Waals surface area contributed by atoms with E-state index in [1.54, 1.807) is 0 Å². The summed E-state index contributed by atoms with van der Waals surface area (Å²) in [4.78, 5) is 73.9. The maximum atomic E-state index is 14.5. The molecule has 0 aliphatic carbocycles. The smallest absolute Gasteiger partial charge is 0.407 e. The minimum atomic E-state index is -0.721. The Labute approximate surface area is 372 Å². The minimum absolute atomic E-state index is 0.0126. The molecule has 0 bridgehead atoms. The van der Waals surface area contributed by atoms with Crippen molar-refractivity contribution in [2.75, 3.05) is 27.4 Å². The number of benzene rings is 3. The number of aromatic amines is 2. The number of carbonyl (C=O) groups excluding carboxylic acids is 4. The summed E-state index contributed by atoms with van der Waals surface area (Å²) in [5.41, 5.74) is 6.60. The normalized spacial score (nSPS) is 21.9. The Bertz CT molecular complexity index is 2580. The van der Waals surface area contributed by atoms with Gasteiger partial charge in [0.1, 0.15) is 36.1 Å². The third-order valence-corrected chi connectivity index (χ3v) is 13.9. The molecule has 4 aliphatic rings. The Morgan fingerprint density at radius 2 is 1.59 bits per heavy atom. The molecule has 5 aromatic rings. The van der Waals surface area contributed by atoms with Gasteiger partial charge in [0.15, 0.2) is 0 Å². The lowest BCUT2D eigenvalue weighted by Gasteiger charge is -2.36. The molecule has 6 heterocycles. The fourth-order valence-corrected chi connectivity index (χ4v) is 10.4. The summed E-state index contributed by atoms with van der Waals surface area (Å²) in [5.74, 6) is 1.76. The van der Waals surface area contributed by atoms with Gasteiger partial charge in [0, 0.05) is 36.2 Å². The van der Waals surface area contributed by atoms with E-state index in [2.05, 4.69) is 63.9 Å². The zero-order valence-electron chi connectivity index (χ0n) is 37.4. The predicted octanol–water partition coefficient (Wildman–Crippen LogP) is 7.69. The van der Waals surface area contributed by atoms with Crippen molar-refractivity contribution < 1.29 is 38.1 Å². The van der Waals surface area contributed by atoms with Crippen molar-refractivity contribution in [3.8, 4) is 28.1 Å². The van der Waals surface area contributed by atoms with E-state index in [0.29, 0.717) is 38.5 Å². The fourth-order valence-electron chi connectivity index (χ4n) is 10.4. The van der Waals surface area contributed by atoms with Gasteiger partial charge in [-0.1, -0.05) is 39.0 Å². The highest BCUT2D eigenvalue weighted by Crippen LogP contribution is 2.44. The number of nitrogens with one attached hydrogen (secondary N) is 4. The van der Waals surface area contributed by atoms with Crippen LogP contribution in [0.3, 0.4) is 0 Å². The minimum Gasteiger partial charge on any atom is -0.488 e. The molecule has 3 saturated heterocycles. The second-order valence-corrected chi connectivity index (χ2v) is 18.0. The van der Waals surface area contributed by atoms with Crippen molar-refractivity contribution >= 4 is 45.8 Å². The highest BCUT2D eigenvalue weighted by Gasteiger charge is 2.45. The van der Waals surface area contributed by atoms with E-state index in [1.165, 1.54) is 14.2 Å². The Balaban J connectivity index is 0.971. The number of carbonyl (C=O) groups is 4. The molecule has 3 aromatic carbocycles. The Hall–Kier alpha value is -6.16. The highest BCUT2D eigenvalue weighted by atomic mass is 16.5. The molecular formula is C48H58N8O8. The van der Waals surface area contributed by atoms with Crippen LogP contribution in [0.4, 0.5) is 9.59 Å². The first-order valence-electron chi connectivity index (χ1n) is 22.7. The number of likely N-dealkylation sites (tertiary alicyclic amines) is 2. The molecule has 16 heteroatoms. The number of hydrogen-bond acceptors (Lipinski definition) is 10. The summed E-state index contributed by atoms with van der Waals surface area (Å²) in [6.07, 6.45) is 5.88. The number of aromatic nitrogens is 4. The number of rotatable bonds is 10. The summed E-state index contributed by atoms with van der Waals surface area (Å²) in [5, 5.41) is 7.57. The van der Waals surface area contributed by atoms with E-state index in [9.17, 15) is 19.2 Å². The van der Waals surface area contributed by atoms with E-state index in [0.717, 1.165) is 93.4 Å². The van der Waals surface area contributed by atoms with Crippen LogP contribution >= 0.6 is 0 Å². The number of H-pyrrole nitrogens is 2. The summed E-state index contributed by atoms with van der Waals surface area (Å²) in [6.45, 7) is 9.41. The molecule has 6 atom stereocenters. The third kappa shape index (κ3) is 7.90. The molecule has 0 spiro atoms. The SMILES string of the molecule is CC[C@H]1CC[C@@H](c2nc3c(ccc4cc5c(cc43)OCc3cc(-c4cnc([C@@H]6CC[C@H](C)N6C(=O)[C@@H](NC(=O)OC)C(C)C)[nH]4)ccc3-5)[nH]2)N1C(=O)[C@H](NC(=O)OC)C1CCOCC1. The van der Waals surface area contributed by atoms with Gasteiger partial charge >= 0.3 is 12.2 Å². The Morgan fingerprint density at radius 3 is 2.34 bits per heavy atom. The monoisotopic (exact) mass is 874 g/mol. The maximum Gasteiger partial charge on any atom is 0.407 e. The van der Waals surface area contributed by atoms with Gasteiger partial charge in [0.25, 0.3) is 0 Å². The lowest BCUT2D eigenvalue weighted by molar-refractivity contribution is -0.139. The average molecular weight is 875 g/mol. The van der Waals surface area contributed by atoms with Gasteiger partial charge in [0.2, 0.25) is 11.8 Å². The summed E-state index contributed by atoms with van der Waals surface area (Å²) in [7, 11) is 2.61. The lowest BCUT2D eigenvalue weighted by atomic mass is 9.90. The number of hydrogen-bond donors (Lipinski definition) is 4. The number of fused-ring (bicyclic) bond motifs is 6. The van der Waals surface area contributed by atoms with E-state index in [1.807, 2.05) is 42.8 Å². The Kier molecular flexibility index (Phi) is 12.0. The number of methoxy groups -OCH3 is 2. The van der Waals surface area contributed by atoms with E-state index in [-0.39, 0.29) is 47.8 Å². The molecule has 3 fully saturated rings. The van der Waals surface area contributed by atoms with Crippen molar-refractivity contribution in [2.24, 2.45) is 11.8 Å². The van der Waals surface area contributed by atoms with Crippen molar-refractivity contribution in [2.45, 2.75) is 115 Å². The molecule has 2 aromatic heterocycles. The molecule has 0 radical (unpaired) electrons. The van der Waals surface area contributed by atoms with Crippen molar-refractivity contribution in [1.29, 1.82) is 0 Å². The first-order chi connectivity index (χ1) is 31.0. The van der Waals surface area contributed by atoms with E-state index in [4.69, 9.17) is 28.9 Å². The lowest BCUT2D eigenvalue weighted by Crippen LogP contribution is -2.54. The number of ether oxygens (including phenoxy) is 4. The number of alkyl carbamates (subject to hydrolysis) is 2. The zero-order chi connectivity index (χ0) is 44.8. The van der Waals surface area contributed by atoms with Crippen molar-refractivity contribution in [3.05, 3.63) is 65.9 Å². The molecule has 9 rings (SSSR count). The zero-order valence-corrected chi connectivity index (χ0v) is 37.4. The van der Waals surface area contributed by atoms with Gasteiger partial charge in [-0.15, -0.1) is 0 Å². The van der Waals surface area contributed by atoms with Gasteiger partial charge in [0.05, 0.1) is 49.2 Å². The molecule has 0 unspecified atom stereocenters. The van der Waals surface area contributed by atoms with Crippen molar-refractivity contribution in [3.63, 3.8) is 0 Å². The molecule has 64 heavy (non-hydrogen) atoms. The van der Waals surface area contributed by atoms with Crippen molar-refractivity contribution in [1.82, 2.24) is 40.4 Å². The molecular weight excluding hydrogens is 817 g/mol. The van der Waals surface area contributed by atoms with Crippen LogP contribution in [0.5, 0.6) is 5.75 Å². The second kappa shape index (κ2) is 17.8. The van der Waals surface area contributed by atoms with Gasteiger partial charge in [-0.05, 0) is 110 Å². The van der Waals surface area contributed by atoms with Gasteiger partial charge in [-0.2, -0.15) is 0 Å². The van der Waals surface area contributed by atoms with Crippen LogP contribution in [0.1, 0.15) is 102 Å². The average Bonchev–Trinajstić information content (AvgIpc) is 4.14. The molecule has 0 saturated carbocycles. The highest BCUT2D eigenvalue weighted by molar-refractivity contribution is 6.07. The first kappa shape index (κ1) is 43.1. The quantitative estimate of drug-likeness (QED) is 0.108. The molecule has 4 N–H and O–H groups in total. The van der Waals surface area contributed by atoms with E-state index >= 15 is 0 Å². The first-order valence-corrected chi connectivity index (χ1v) is 22.7. The van der Waals surface area contributed by atoms with Crippen LogP contribution in [0.2, 0.25) is 0 Å². The van der Waals surface area contributed by atoms with Gasteiger partial charge < -0.3 is 49.3 Å². The number of imidazole rings is 2. The standard InChI is InChI=1S/C48H58N8O8/c1-7-31-11-15-38(56(31)46(58)41(54-48(60)62-6)27-16-18-63-19-17-27)44-50-35-13-10-28-21-34-32-12-9-29(20-30(32)24-64-39(34)22-33(28)42(35)52-44)36-23-49-43(51-36)37-14-8-26(4)55(37)45(57)40(25(2)3)53-47(59)61-5/h9-10,12-13,20-23,25-27,31,37-38,40-41H,7-8,11,14-19,24H2,1-6H3,(H,49,51)(H,50,52)(H,53,59)(H,54,60)/t26-,31-,37-,38-,40-,41+/m0/s1. The third-order valence-electron chi connectivity index (χ3n) is 13.9. The van der Waals surface area contributed by atoms with Gasteiger partial charge in [-0.3, -0.25) is 9.59 Å². The number of amides is 4. The van der Waals surface area contributed by atoms with Crippen LogP contribution in [0.15, 0.2) is 48.7 Å². The molecule has 4 aliphatic heterocycles. The fraction of sp³-hybridized carbons (Fsp3) is 0.500.